The molecule has 19 heavy (non-hydrogen) atoms. The van der Waals surface area contributed by atoms with Crippen LogP contribution in [-0.4, -0.2) is 55.2 Å². The zero-order valence-electron chi connectivity index (χ0n) is 10.7. The Balaban J connectivity index is 0.000000399. The molecule has 7 nitrogen and oxygen atoms in total. The van der Waals surface area contributed by atoms with Crippen molar-refractivity contribution in [2.75, 3.05) is 20.4 Å². The van der Waals surface area contributed by atoms with Gasteiger partial charge in [0, 0.05) is 14.1 Å². The summed E-state index contributed by atoms with van der Waals surface area (Å²) in [6.45, 7) is 0. The molecule has 0 radical (unpaired) electrons. The van der Waals surface area contributed by atoms with Crippen molar-refractivity contribution in [1.82, 2.24) is 4.31 Å². The summed E-state index contributed by atoms with van der Waals surface area (Å²) in [5.74, 6) is -2.13. The number of aromatic carboxylic acids is 2. The predicted molar refractivity (Wildman–Crippen MR) is 68.9 cm³/mol. The summed E-state index contributed by atoms with van der Waals surface area (Å²) < 4.78 is 21.7. The largest absolute Gasteiger partial charge is 0.478 e. The maximum Gasteiger partial charge on any atom is 0.335 e. The Morgan fingerprint density at radius 1 is 0.947 bits per heavy atom. The van der Waals surface area contributed by atoms with Gasteiger partial charge in [0.05, 0.1) is 17.4 Å². The maximum absolute atomic E-state index is 10.3. The highest BCUT2D eigenvalue weighted by atomic mass is 32.2. The molecule has 0 aliphatic heterocycles. The zero-order valence-corrected chi connectivity index (χ0v) is 11.5. The third-order valence-electron chi connectivity index (χ3n) is 2.04. The van der Waals surface area contributed by atoms with E-state index in [9.17, 15) is 18.0 Å². The first kappa shape index (κ1) is 17.1. The second-order valence-electron chi connectivity index (χ2n) is 3.73. The van der Waals surface area contributed by atoms with E-state index < -0.39 is 22.0 Å². The van der Waals surface area contributed by atoms with Crippen molar-refractivity contribution >= 4 is 22.0 Å². The van der Waals surface area contributed by atoms with E-state index in [1.54, 1.807) is 0 Å². The van der Waals surface area contributed by atoms with Gasteiger partial charge in [-0.1, -0.05) is 0 Å². The number of carboxylic acids is 2. The van der Waals surface area contributed by atoms with Crippen molar-refractivity contribution in [1.29, 1.82) is 0 Å². The molecule has 1 aromatic rings. The Morgan fingerprint density at radius 3 is 1.26 bits per heavy atom. The second-order valence-corrected chi connectivity index (χ2v) is 5.93. The molecule has 0 amide bonds. The number of sulfonamides is 1. The van der Waals surface area contributed by atoms with Gasteiger partial charge < -0.3 is 10.2 Å². The van der Waals surface area contributed by atoms with Gasteiger partial charge in [-0.3, -0.25) is 0 Å². The van der Waals surface area contributed by atoms with Crippen LogP contribution in [0.2, 0.25) is 0 Å². The Hall–Kier alpha value is -1.93. The van der Waals surface area contributed by atoms with E-state index in [-0.39, 0.29) is 11.1 Å². The van der Waals surface area contributed by atoms with E-state index in [2.05, 4.69) is 0 Å². The molecule has 106 valence electrons. The van der Waals surface area contributed by atoms with Gasteiger partial charge in [0.2, 0.25) is 10.0 Å². The van der Waals surface area contributed by atoms with Gasteiger partial charge in [-0.15, -0.1) is 0 Å². The lowest BCUT2D eigenvalue weighted by Gasteiger charge is -2.02. The Bertz CT molecular complexity index is 514. The van der Waals surface area contributed by atoms with Crippen molar-refractivity contribution in [2.24, 2.45) is 0 Å². The molecule has 0 heterocycles. The van der Waals surface area contributed by atoms with Crippen LogP contribution >= 0.6 is 0 Å². The lowest BCUT2D eigenvalue weighted by molar-refractivity contribution is 0.0681. The molecule has 0 spiro atoms. The van der Waals surface area contributed by atoms with Crippen LogP contribution in [0.25, 0.3) is 0 Å². The van der Waals surface area contributed by atoms with E-state index in [4.69, 9.17) is 10.2 Å². The third-order valence-corrected chi connectivity index (χ3v) is 3.37. The molecular weight excluding hydrogens is 274 g/mol. The average molecular weight is 289 g/mol. The molecular formula is C11H15NO6S. The number of hydrogen-bond acceptors (Lipinski definition) is 4. The van der Waals surface area contributed by atoms with E-state index in [0.717, 1.165) is 10.6 Å². The maximum atomic E-state index is 10.3. The number of nitrogens with zero attached hydrogens (tertiary/aromatic N) is 1. The van der Waals surface area contributed by atoms with Crippen LogP contribution in [0.1, 0.15) is 20.7 Å². The van der Waals surface area contributed by atoms with Crippen molar-refractivity contribution in [3.05, 3.63) is 35.4 Å². The Kier molecular flexibility index (Phi) is 6.16. The van der Waals surface area contributed by atoms with Crippen molar-refractivity contribution in [3.63, 3.8) is 0 Å². The van der Waals surface area contributed by atoms with E-state index in [1.807, 2.05) is 0 Å². The number of rotatable bonds is 3. The highest BCUT2D eigenvalue weighted by Crippen LogP contribution is 2.03. The molecule has 0 bridgehead atoms. The molecule has 8 heteroatoms. The first-order valence-corrected chi connectivity index (χ1v) is 6.84. The van der Waals surface area contributed by atoms with E-state index >= 15 is 0 Å². The minimum atomic E-state index is -2.91. The summed E-state index contributed by atoms with van der Waals surface area (Å²) in [6.07, 6.45) is 1.16. The van der Waals surface area contributed by atoms with Crippen LogP contribution in [-0.2, 0) is 10.0 Å². The van der Waals surface area contributed by atoms with Crippen LogP contribution in [0, 0.1) is 0 Å². The lowest BCUT2D eigenvalue weighted by Crippen LogP contribution is -2.19. The summed E-state index contributed by atoms with van der Waals surface area (Å²) >= 11 is 0. The smallest absolute Gasteiger partial charge is 0.335 e. The highest BCUT2D eigenvalue weighted by molar-refractivity contribution is 7.88. The fraction of sp³-hybridized carbons (Fsp3) is 0.273. The highest BCUT2D eigenvalue weighted by Gasteiger charge is 2.04. The average Bonchev–Trinajstić information content (AvgIpc) is 2.28. The molecule has 0 atom stereocenters. The summed E-state index contributed by atoms with van der Waals surface area (Å²) in [6, 6.07) is 5.02. The minimum absolute atomic E-state index is 0.0833. The Morgan fingerprint density at radius 2 is 1.16 bits per heavy atom. The standard InChI is InChI=1S/C8H6O4.C3H9NO2S/c9-7(10)5-1-2-6(4-3-5)8(11)12;1-4(2)7(3,5)6/h1-4H,(H,9,10)(H,11,12);1-3H3. The van der Waals surface area contributed by atoms with Crippen molar-refractivity contribution in [3.8, 4) is 0 Å². The van der Waals surface area contributed by atoms with E-state index in [0.29, 0.717) is 0 Å². The van der Waals surface area contributed by atoms with Crippen molar-refractivity contribution in [2.45, 2.75) is 0 Å². The predicted octanol–water partition coefficient (Wildman–Crippen LogP) is 0.591. The minimum Gasteiger partial charge on any atom is -0.478 e. The quantitative estimate of drug-likeness (QED) is 0.842. The zero-order chi connectivity index (χ0) is 15.2. The third kappa shape index (κ3) is 6.53. The van der Waals surface area contributed by atoms with Gasteiger partial charge in [0.25, 0.3) is 0 Å². The first-order valence-electron chi connectivity index (χ1n) is 5.00. The number of carbonyl (C=O) groups is 2. The topological polar surface area (TPSA) is 112 Å². The normalized spacial score (nSPS) is 10.5. The summed E-state index contributed by atoms with van der Waals surface area (Å²) in [5.41, 5.74) is 0.167. The fourth-order valence-electron chi connectivity index (χ4n) is 0.755. The van der Waals surface area contributed by atoms with Gasteiger partial charge in [-0.25, -0.2) is 22.3 Å². The summed E-state index contributed by atoms with van der Waals surface area (Å²) in [7, 11) is 0.0833. The van der Waals surface area contributed by atoms with Crippen LogP contribution in [0.15, 0.2) is 24.3 Å². The van der Waals surface area contributed by atoms with Gasteiger partial charge in [0.1, 0.15) is 0 Å². The lowest BCUT2D eigenvalue weighted by atomic mass is 10.1. The molecule has 0 fully saturated rings. The van der Waals surface area contributed by atoms with Crippen LogP contribution < -0.4 is 0 Å². The Labute approximate surface area is 111 Å². The fourth-order valence-corrected chi connectivity index (χ4v) is 0.755. The molecule has 1 aromatic carbocycles. The van der Waals surface area contributed by atoms with Gasteiger partial charge in [0.15, 0.2) is 0 Å². The van der Waals surface area contributed by atoms with Crippen molar-refractivity contribution < 1.29 is 28.2 Å². The molecule has 0 aliphatic rings. The van der Waals surface area contributed by atoms with Crippen LogP contribution in [0.3, 0.4) is 0 Å². The van der Waals surface area contributed by atoms with Crippen LogP contribution in [0.5, 0.6) is 0 Å². The SMILES string of the molecule is CN(C)S(C)(=O)=O.O=C(O)c1ccc(C(=O)O)cc1. The number of hydrogen-bond donors (Lipinski definition) is 2. The van der Waals surface area contributed by atoms with Crippen LogP contribution in [0.4, 0.5) is 0 Å². The molecule has 2 N–H and O–H groups in total. The van der Waals surface area contributed by atoms with Gasteiger partial charge in [-0.05, 0) is 24.3 Å². The number of carboxylic acid groups (broad SMARTS) is 2. The van der Waals surface area contributed by atoms with Gasteiger partial charge >= 0.3 is 11.9 Å². The number of benzene rings is 1. The molecule has 0 saturated carbocycles. The summed E-state index contributed by atoms with van der Waals surface area (Å²) in [5, 5.41) is 16.9. The molecule has 0 unspecified atom stereocenters. The molecule has 0 aromatic heterocycles. The molecule has 1 rings (SSSR count). The summed E-state index contributed by atoms with van der Waals surface area (Å²) in [4.78, 5) is 20.7. The molecule has 0 aliphatic carbocycles. The van der Waals surface area contributed by atoms with E-state index in [1.165, 1.54) is 38.4 Å². The van der Waals surface area contributed by atoms with Gasteiger partial charge in [-0.2, -0.15) is 0 Å². The molecule has 0 saturated heterocycles. The second kappa shape index (κ2) is 6.86. The first-order chi connectivity index (χ1) is 8.55. The monoisotopic (exact) mass is 289 g/mol.